The first kappa shape index (κ1) is 15.8. The van der Waals surface area contributed by atoms with Crippen LogP contribution in [0.5, 0.6) is 0 Å². The summed E-state index contributed by atoms with van der Waals surface area (Å²) in [6, 6.07) is 7.34. The standard InChI is InChI=1S/C17H26N2O2S/c1-22(20,21)17-4-2-16(3-5-17)19-12-8-15(9-13-19)14-6-10-18-11-7-14/h2-5,14-15,18H,6-13H2,1H3. The first-order valence-electron chi connectivity index (χ1n) is 8.30. The molecule has 3 rings (SSSR count). The lowest BCUT2D eigenvalue weighted by Gasteiger charge is -2.38. The molecular weight excluding hydrogens is 296 g/mol. The number of hydrogen-bond donors (Lipinski definition) is 1. The molecule has 4 nitrogen and oxygen atoms in total. The lowest BCUT2D eigenvalue weighted by molar-refractivity contribution is 0.222. The number of rotatable bonds is 3. The van der Waals surface area contributed by atoms with E-state index < -0.39 is 9.84 Å². The molecule has 0 radical (unpaired) electrons. The van der Waals surface area contributed by atoms with E-state index in [0.717, 1.165) is 30.6 Å². The maximum absolute atomic E-state index is 11.5. The number of nitrogens with one attached hydrogen (secondary N) is 1. The van der Waals surface area contributed by atoms with Gasteiger partial charge in [-0.3, -0.25) is 0 Å². The smallest absolute Gasteiger partial charge is 0.175 e. The summed E-state index contributed by atoms with van der Waals surface area (Å²) < 4.78 is 23.0. The van der Waals surface area contributed by atoms with Crippen molar-refractivity contribution in [3.8, 4) is 0 Å². The second-order valence-corrected chi connectivity index (χ2v) is 8.69. The summed E-state index contributed by atoms with van der Waals surface area (Å²) in [6.07, 6.45) is 6.44. The molecule has 0 aliphatic carbocycles. The summed E-state index contributed by atoms with van der Waals surface area (Å²) in [5.41, 5.74) is 1.15. The second kappa shape index (κ2) is 6.59. The van der Waals surface area contributed by atoms with Gasteiger partial charge in [0, 0.05) is 25.0 Å². The van der Waals surface area contributed by atoms with E-state index in [1.807, 2.05) is 12.1 Å². The van der Waals surface area contributed by atoms with E-state index in [1.165, 1.54) is 45.0 Å². The van der Waals surface area contributed by atoms with Crippen LogP contribution in [0.25, 0.3) is 0 Å². The summed E-state index contributed by atoms with van der Waals surface area (Å²) in [5, 5.41) is 3.45. The average Bonchev–Trinajstić information content (AvgIpc) is 2.55. The molecule has 1 aromatic carbocycles. The predicted octanol–water partition coefficient (Wildman–Crippen LogP) is 2.31. The first-order chi connectivity index (χ1) is 10.5. The Kier molecular flexibility index (Phi) is 4.73. The van der Waals surface area contributed by atoms with Crippen molar-refractivity contribution in [2.45, 2.75) is 30.6 Å². The molecule has 0 aromatic heterocycles. The molecule has 0 atom stereocenters. The van der Waals surface area contributed by atoms with Crippen LogP contribution in [0.4, 0.5) is 5.69 Å². The van der Waals surface area contributed by atoms with Crippen molar-refractivity contribution in [2.24, 2.45) is 11.8 Å². The zero-order valence-corrected chi connectivity index (χ0v) is 14.1. The van der Waals surface area contributed by atoms with E-state index in [9.17, 15) is 8.42 Å². The highest BCUT2D eigenvalue weighted by atomic mass is 32.2. The van der Waals surface area contributed by atoms with Crippen molar-refractivity contribution < 1.29 is 8.42 Å². The number of benzene rings is 1. The van der Waals surface area contributed by atoms with Crippen LogP contribution in [0, 0.1) is 11.8 Å². The SMILES string of the molecule is CS(=O)(=O)c1ccc(N2CCC(C3CCNCC3)CC2)cc1. The van der Waals surface area contributed by atoms with Crippen LogP contribution in [0.15, 0.2) is 29.2 Å². The Labute approximate surface area is 133 Å². The molecule has 0 saturated carbocycles. The van der Waals surface area contributed by atoms with Crippen LogP contribution in [-0.2, 0) is 9.84 Å². The highest BCUT2D eigenvalue weighted by Gasteiger charge is 2.27. The Hall–Kier alpha value is -1.07. The molecule has 122 valence electrons. The average molecular weight is 322 g/mol. The van der Waals surface area contributed by atoms with Crippen LogP contribution >= 0.6 is 0 Å². The minimum Gasteiger partial charge on any atom is -0.372 e. The van der Waals surface area contributed by atoms with Crippen LogP contribution in [0.3, 0.4) is 0 Å². The third kappa shape index (κ3) is 3.63. The summed E-state index contributed by atoms with van der Waals surface area (Å²) >= 11 is 0. The van der Waals surface area contributed by atoms with Gasteiger partial charge >= 0.3 is 0 Å². The predicted molar refractivity (Wildman–Crippen MR) is 90.1 cm³/mol. The van der Waals surface area contributed by atoms with Gasteiger partial charge < -0.3 is 10.2 Å². The van der Waals surface area contributed by atoms with Gasteiger partial charge in [0.1, 0.15) is 0 Å². The van der Waals surface area contributed by atoms with Gasteiger partial charge in [0.05, 0.1) is 4.90 Å². The number of piperidine rings is 2. The molecule has 1 N–H and O–H groups in total. The molecule has 2 heterocycles. The third-order valence-corrected chi connectivity index (χ3v) is 6.35. The van der Waals surface area contributed by atoms with Crippen molar-refractivity contribution in [1.82, 2.24) is 5.32 Å². The number of nitrogens with zero attached hydrogens (tertiary/aromatic N) is 1. The fraction of sp³-hybridized carbons (Fsp3) is 0.647. The van der Waals surface area contributed by atoms with E-state index >= 15 is 0 Å². The Balaban J connectivity index is 1.59. The van der Waals surface area contributed by atoms with Gasteiger partial charge in [-0.2, -0.15) is 0 Å². The molecular formula is C17H26N2O2S. The Morgan fingerprint density at radius 3 is 2.05 bits per heavy atom. The normalized spacial score (nSPS) is 22.0. The largest absolute Gasteiger partial charge is 0.372 e. The van der Waals surface area contributed by atoms with Crippen molar-refractivity contribution in [1.29, 1.82) is 0 Å². The number of anilines is 1. The van der Waals surface area contributed by atoms with Gasteiger partial charge in [0.25, 0.3) is 0 Å². The third-order valence-electron chi connectivity index (χ3n) is 5.22. The van der Waals surface area contributed by atoms with E-state index in [0.29, 0.717) is 4.90 Å². The highest BCUT2D eigenvalue weighted by Crippen LogP contribution is 2.32. The van der Waals surface area contributed by atoms with E-state index in [2.05, 4.69) is 10.2 Å². The van der Waals surface area contributed by atoms with Gasteiger partial charge in [0.15, 0.2) is 9.84 Å². The molecule has 2 fully saturated rings. The Bertz CT molecular complexity index is 584. The zero-order valence-electron chi connectivity index (χ0n) is 13.3. The van der Waals surface area contributed by atoms with E-state index in [4.69, 9.17) is 0 Å². The van der Waals surface area contributed by atoms with Crippen molar-refractivity contribution in [2.75, 3.05) is 37.3 Å². The Morgan fingerprint density at radius 1 is 0.955 bits per heavy atom. The van der Waals surface area contributed by atoms with E-state index in [-0.39, 0.29) is 0 Å². The molecule has 22 heavy (non-hydrogen) atoms. The number of hydrogen-bond acceptors (Lipinski definition) is 4. The molecule has 0 amide bonds. The maximum Gasteiger partial charge on any atom is 0.175 e. The summed E-state index contributed by atoms with van der Waals surface area (Å²) in [5.74, 6) is 1.77. The van der Waals surface area contributed by atoms with Gasteiger partial charge in [0.2, 0.25) is 0 Å². The summed E-state index contributed by atoms with van der Waals surface area (Å²) in [4.78, 5) is 2.80. The van der Waals surface area contributed by atoms with Crippen LogP contribution < -0.4 is 10.2 Å². The minimum absolute atomic E-state index is 0.404. The fourth-order valence-electron chi connectivity index (χ4n) is 3.85. The van der Waals surface area contributed by atoms with Crippen molar-refractivity contribution in [3.63, 3.8) is 0 Å². The molecule has 2 saturated heterocycles. The topological polar surface area (TPSA) is 49.4 Å². The van der Waals surface area contributed by atoms with Gasteiger partial charge in [-0.15, -0.1) is 0 Å². The quantitative estimate of drug-likeness (QED) is 0.928. The molecule has 0 spiro atoms. The first-order valence-corrected chi connectivity index (χ1v) is 10.2. The van der Waals surface area contributed by atoms with Crippen LogP contribution in [-0.4, -0.2) is 40.9 Å². The summed E-state index contributed by atoms with van der Waals surface area (Å²) in [6.45, 7) is 4.54. The fourth-order valence-corrected chi connectivity index (χ4v) is 4.48. The maximum atomic E-state index is 11.5. The van der Waals surface area contributed by atoms with Crippen LogP contribution in [0.1, 0.15) is 25.7 Å². The lowest BCUT2D eigenvalue weighted by atomic mass is 9.79. The van der Waals surface area contributed by atoms with Crippen molar-refractivity contribution >= 4 is 15.5 Å². The highest BCUT2D eigenvalue weighted by molar-refractivity contribution is 7.90. The van der Waals surface area contributed by atoms with Gasteiger partial charge in [-0.05, 0) is 74.9 Å². The molecule has 0 unspecified atom stereocenters. The second-order valence-electron chi connectivity index (χ2n) is 6.68. The number of sulfone groups is 1. The van der Waals surface area contributed by atoms with Gasteiger partial charge in [-0.25, -0.2) is 8.42 Å². The molecule has 2 aliphatic heterocycles. The molecule has 5 heteroatoms. The van der Waals surface area contributed by atoms with Crippen LogP contribution in [0.2, 0.25) is 0 Å². The molecule has 2 aliphatic rings. The monoisotopic (exact) mass is 322 g/mol. The lowest BCUT2D eigenvalue weighted by Crippen LogP contribution is -2.39. The van der Waals surface area contributed by atoms with E-state index in [1.54, 1.807) is 12.1 Å². The molecule has 0 bridgehead atoms. The molecule has 1 aromatic rings. The Morgan fingerprint density at radius 2 is 1.50 bits per heavy atom. The van der Waals surface area contributed by atoms with Gasteiger partial charge in [-0.1, -0.05) is 0 Å². The zero-order chi connectivity index (χ0) is 15.6. The van der Waals surface area contributed by atoms with Crippen molar-refractivity contribution in [3.05, 3.63) is 24.3 Å². The summed E-state index contributed by atoms with van der Waals surface area (Å²) in [7, 11) is -3.10. The minimum atomic E-state index is -3.10.